The summed E-state index contributed by atoms with van der Waals surface area (Å²) in [6.45, 7) is 0. The molecule has 0 bridgehead atoms. The fourth-order valence-electron chi connectivity index (χ4n) is 1.91. The average molecular weight is 376 g/mol. The van der Waals surface area contributed by atoms with Gasteiger partial charge in [-0.2, -0.15) is 0 Å². The Hall–Kier alpha value is -0.280. The summed E-state index contributed by atoms with van der Waals surface area (Å²) in [4.78, 5) is 43.2. The minimum absolute atomic E-state index is 0. The second-order valence-electron chi connectivity index (χ2n) is 4.59. The summed E-state index contributed by atoms with van der Waals surface area (Å²) in [5, 5.41) is 35.1. The van der Waals surface area contributed by atoms with Gasteiger partial charge in [0.1, 0.15) is 0 Å². The van der Waals surface area contributed by atoms with Crippen LogP contribution in [0.15, 0.2) is 0 Å². The Bertz CT molecular complexity index is 373. The first-order valence-corrected chi connectivity index (χ1v) is 5.37. The van der Waals surface area contributed by atoms with Gasteiger partial charge in [0, 0.05) is 0 Å². The van der Waals surface area contributed by atoms with Gasteiger partial charge in [0.05, 0.1) is 36.8 Å². The van der Waals surface area contributed by atoms with Crippen molar-refractivity contribution < 1.29 is 50.6 Å². The molecule has 0 aliphatic heterocycles. The second-order valence-corrected chi connectivity index (χ2v) is 4.59. The Morgan fingerprint density at radius 3 is 0.792 bits per heavy atom. The second kappa shape index (κ2) is 13.9. The zero-order chi connectivity index (χ0) is 16.1. The Balaban J connectivity index is -0.000000301. The SMILES string of the molecule is NC(CC(=O)O)(CC(=O)O)C(N)(CC(=O)O)CC(=O)O.O.O.[NaH].[NaH]. The van der Waals surface area contributed by atoms with E-state index >= 15 is 0 Å². The summed E-state index contributed by atoms with van der Waals surface area (Å²) in [5.41, 5.74) is 6.88. The van der Waals surface area contributed by atoms with Crippen molar-refractivity contribution in [2.24, 2.45) is 11.5 Å². The molecule has 134 valence electrons. The Kier molecular flexibility index (Phi) is 20.3. The molecule has 0 aromatic carbocycles. The maximum atomic E-state index is 10.8. The van der Waals surface area contributed by atoms with Gasteiger partial charge < -0.3 is 42.8 Å². The number of nitrogens with two attached hydrogens (primary N) is 2. The van der Waals surface area contributed by atoms with Crippen LogP contribution in [0.4, 0.5) is 0 Å². The third kappa shape index (κ3) is 11.3. The summed E-state index contributed by atoms with van der Waals surface area (Å²) in [6.07, 6.45) is -3.90. The van der Waals surface area contributed by atoms with E-state index in [4.69, 9.17) is 31.9 Å². The number of carboxylic acid groups (broad SMARTS) is 4. The summed E-state index contributed by atoms with van der Waals surface area (Å²) in [6, 6.07) is 0. The van der Waals surface area contributed by atoms with Crippen LogP contribution in [0.25, 0.3) is 0 Å². The first-order valence-electron chi connectivity index (χ1n) is 5.37. The predicted octanol–water partition coefficient (Wildman–Crippen LogP) is -4.67. The van der Waals surface area contributed by atoms with Crippen LogP contribution in [0, 0.1) is 0 Å². The Morgan fingerprint density at radius 2 is 0.708 bits per heavy atom. The number of aliphatic carboxylic acids is 4. The van der Waals surface area contributed by atoms with Crippen LogP contribution in [-0.4, -0.2) is 125 Å². The van der Waals surface area contributed by atoms with Crippen molar-refractivity contribution >= 4 is 83.0 Å². The van der Waals surface area contributed by atoms with Crippen LogP contribution in [0.1, 0.15) is 25.7 Å². The van der Waals surface area contributed by atoms with Crippen molar-refractivity contribution in [1.29, 1.82) is 0 Å². The molecule has 12 nitrogen and oxygen atoms in total. The van der Waals surface area contributed by atoms with Crippen LogP contribution in [0.5, 0.6) is 0 Å². The van der Waals surface area contributed by atoms with Gasteiger partial charge in [-0.1, -0.05) is 0 Å². The van der Waals surface area contributed by atoms with Gasteiger partial charge >= 0.3 is 83.0 Å². The van der Waals surface area contributed by atoms with E-state index in [0.717, 1.165) is 0 Å². The number of hydrogen-bond donors (Lipinski definition) is 6. The first kappa shape index (κ1) is 34.9. The topological polar surface area (TPSA) is 264 Å². The summed E-state index contributed by atoms with van der Waals surface area (Å²) < 4.78 is 0. The predicted molar refractivity (Wildman–Crippen MR) is 84.4 cm³/mol. The summed E-state index contributed by atoms with van der Waals surface area (Å²) in [7, 11) is 0. The first-order chi connectivity index (χ1) is 8.92. The van der Waals surface area contributed by atoms with Gasteiger partial charge in [0.2, 0.25) is 0 Å². The van der Waals surface area contributed by atoms with Crippen molar-refractivity contribution in [3.63, 3.8) is 0 Å². The van der Waals surface area contributed by atoms with Crippen molar-refractivity contribution in [1.82, 2.24) is 0 Å². The molecule has 0 aromatic rings. The molecule has 0 rings (SSSR count). The van der Waals surface area contributed by atoms with Gasteiger partial charge in [0.15, 0.2) is 0 Å². The normalized spacial score (nSPS) is 9.92. The molecule has 0 atom stereocenters. The third-order valence-corrected chi connectivity index (χ3v) is 2.86. The molecule has 0 saturated carbocycles. The van der Waals surface area contributed by atoms with Gasteiger partial charge in [-0.3, -0.25) is 19.2 Å². The van der Waals surface area contributed by atoms with E-state index in [1.54, 1.807) is 0 Å². The monoisotopic (exact) mass is 376 g/mol. The van der Waals surface area contributed by atoms with Crippen molar-refractivity contribution in [3.8, 4) is 0 Å². The van der Waals surface area contributed by atoms with Crippen molar-refractivity contribution in [2.45, 2.75) is 36.8 Å². The average Bonchev–Trinajstić information content (AvgIpc) is 2.10. The number of hydrogen-bond acceptors (Lipinski definition) is 6. The van der Waals surface area contributed by atoms with Crippen LogP contribution < -0.4 is 11.5 Å². The molecule has 12 N–H and O–H groups in total. The van der Waals surface area contributed by atoms with Gasteiger partial charge in [-0.25, -0.2) is 0 Å². The third-order valence-electron chi connectivity index (χ3n) is 2.86. The van der Waals surface area contributed by atoms with Crippen LogP contribution in [0.3, 0.4) is 0 Å². The molecule has 0 aliphatic rings. The van der Waals surface area contributed by atoms with Crippen LogP contribution >= 0.6 is 0 Å². The zero-order valence-electron chi connectivity index (χ0n) is 11.4. The molecule has 0 amide bonds. The van der Waals surface area contributed by atoms with Gasteiger partial charge in [-0.05, 0) is 0 Å². The molecule has 24 heavy (non-hydrogen) atoms. The molecule has 0 aromatic heterocycles. The molecule has 14 heteroatoms. The van der Waals surface area contributed by atoms with Crippen LogP contribution in [-0.2, 0) is 19.2 Å². The van der Waals surface area contributed by atoms with Crippen molar-refractivity contribution in [2.75, 3.05) is 0 Å². The molecule has 0 unspecified atom stereocenters. The zero-order valence-corrected chi connectivity index (χ0v) is 11.4. The molecule has 0 spiro atoms. The quantitative estimate of drug-likeness (QED) is 0.209. The fourth-order valence-corrected chi connectivity index (χ4v) is 1.91. The molecule has 0 fully saturated rings. The summed E-state index contributed by atoms with van der Waals surface area (Å²) in [5.74, 6) is -6.06. The van der Waals surface area contributed by atoms with Crippen molar-refractivity contribution in [3.05, 3.63) is 0 Å². The van der Waals surface area contributed by atoms with E-state index in [9.17, 15) is 19.2 Å². The van der Waals surface area contributed by atoms with E-state index in [0.29, 0.717) is 0 Å². The van der Waals surface area contributed by atoms with E-state index in [2.05, 4.69) is 0 Å². The molecular weight excluding hydrogens is 354 g/mol. The van der Waals surface area contributed by atoms with E-state index in [1.165, 1.54) is 0 Å². The maximum absolute atomic E-state index is 10.8. The van der Waals surface area contributed by atoms with E-state index in [1.807, 2.05) is 0 Å². The van der Waals surface area contributed by atoms with Crippen LogP contribution in [0.2, 0.25) is 0 Å². The summed E-state index contributed by atoms with van der Waals surface area (Å²) >= 11 is 0. The molecular formula is C10H22N2Na2O10. The molecule has 0 heterocycles. The molecule has 0 radical (unpaired) electrons. The van der Waals surface area contributed by atoms with E-state index < -0.39 is 60.6 Å². The number of carbonyl (C=O) groups is 4. The van der Waals surface area contributed by atoms with Gasteiger partial charge in [-0.15, -0.1) is 0 Å². The molecule has 0 saturated heterocycles. The standard InChI is InChI=1S/C10H16N2O8.2Na.2H2O.2H/c11-9(1-5(13)14,2-6(15)16)10(12,3-7(17)18)4-8(19)20;;;;;;/h1-4,11-12H2,(H,13,14)(H,15,16)(H,17,18)(H,19,20);;;2*1H2;;. The Labute approximate surface area is 180 Å². The Morgan fingerprint density at radius 1 is 0.583 bits per heavy atom. The van der Waals surface area contributed by atoms with E-state index in [-0.39, 0.29) is 70.1 Å². The van der Waals surface area contributed by atoms with Gasteiger partial charge in [0.25, 0.3) is 0 Å². The molecule has 0 aliphatic carbocycles. The number of rotatable bonds is 9. The number of carboxylic acids is 4. The fraction of sp³-hybridized carbons (Fsp3) is 0.600. The minimum atomic E-state index is -2.22.